The Balaban J connectivity index is 3.47. The second kappa shape index (κ2) is 7.01. The fourth-order valence-corrected chi connectivity index (χ4v) is 1.05. The summed E-state index contributed by atoms with van der Waals surface area (Å²) in [6, 6.07) is 0. The summed E-state index contributed by atoms with van der Waals surface area (Å²) in [7, 11) is 0. The second-order valence-electron chi connectivity index (χ2n) is 3.11. The first-order valence-electron chi connectivity index (χ1n) is 4.74. The maximum atomic E-state index is 11.1. The maximum Gasteiger partial charge on any atom is 0.140 e. The van der Waals surface area contributed by atoms with E-state index in [2.05, 4.69) is 0 Å². The Morgan fingerprint density at radius 3 is 2.00 bits per heavy atom. The summed E-state index contributed by atoms with van der Waals surface area (Å²) in [5.74, 6) is 0.203. The van der Waals surface area contributed by atoms with Crippen molar-refractivity contribution in [3.63, 3.8) is 0 Å². The van der Waals surface area contributed by atoms with Crippen molar-refractivity contribution in [2.45, 2.75) is 52.4 Å². The van der Waals surface area contributed by atoms with Crippen LogP contribution in [-0.2, 0) is 9.59 Å². The van der Waals surface area contributed by atoms with Crippen molar-refractivity contribution in [2.24, 2.45) is 0 Å². The minimum atomic E-state index is 0.0959. The summed E-state index contributed by atoms with van der Waals surface area (Å²) in [6.07, 6.45) is 4.07. The van der Waals surface area contributed by atoms with E-state index in [1.165, 1.54) is 0 Å². The number of hydrogen-bond acceptors (Lipinski definition) is 2. The minimum absolute atomic E-state index is 0.0959. The molecule has 0 radical (unpaired) electrons. The summed E-state index contributed by atoms with van der Waals surface area (Å²) in [5.41, 5.74) is 0. The van der Waals surface area contributed by atoms with E-state index < -0.39 is 0 Å². The first-order chi connectivity index (χ1) is 5.70. The van der Waals surface area contributed by atoms with Crippen LogP contribution in [0.4, 0.5) is 0 Å². The van der Waals surface area contributed by atoms with Gasteiger partial charge in [0.25, 0.3) is 0 Å². The summed E-state index contributed by atoms with van der Waals surface area (Å²) in [5, 5.41) is 0. The summed E-state index contributed by atoms with van der Waals surface area (Å²) in [6.45, 7) is 4.00. The van der Waals surface area contributed by atoms with Gasteiger partial charge in [0.05, 0.1) is 6.42 Å². The van der Waals surface area contributed by atoms with Crippen molar-refractivity contribution in [1.29, 1.82) is 0 Å². The van der Waals surface area contributed by atoms with Crippen molar-refractivity contribution < 1.29 is 9.59 Å². The quantitative estimate of drug-likeness (QED) is 0.550. The van der Waals surface area contributed by atoms with Crippen LogP contribution in [0, 0.1) is 0 Å². The van der Waals surface area contributed by atoms with Crippen LogP contribution in [0.15, 0.2) is 0 Å². The second-order valence-corrected chi connectivity index (χ2v) is 3.11. The monoisotopic (exact) mass is 170 g/mol. The van der Waals surface area contributed by atoms with Gasteiger partial charge in [-0.15, -0.1) is 0 Å². The first kappa shape index (κ1) is 11.3. The first-order valence-corrected chi connectivity index (χ1v) is 4.74. The van der Waals surface area contributed by atoms with Crippen LogP contribution in [0.25, 0.3) is 0 Å². The van der Waals surface area contributed by atoms with E-state index in [0.29, 0.717) is 12.8 Å². The van der Waals surface area contributed by atoms with Crippen molar-refractivity contribution in [2.75, 3.05) is 0 Å². The van der Waals surface area contributed by atoms with Gasteiger partial charge in [0, 0.05) is 12.8 Å². The average Bonchev–Trinajstić information content (AvgIpc) is 2.01. The zero-order chi connectivity index (χ0) is 9.40. The van der Waals surface area contributed by atoms with Gasteiger partial charge < -0.3 is 0 Å². The Morgan fingerprint density at radius 2 is 1.50 bits per heavy atom. The van der Waals surface area contributed by atoms with Crippen molar-refractivity contribution >= 4 is 11.6 Å². The molecule has 0 bridgehead atoms. The number of carbonyl (C=O) groups is 2. The molecule has 0 aromatic carbocycles. The van der Waals surface area contributed by atoms with Gasteiger partial charge in [0.1, 0.15) is 11.6 Å². The fraction of sp³-hybridized carbons (Fsp3) is 0.800. The molecule has 0 saturated carbocycles. The molecule has 0 unspecified atom stereocenters. The van der Waals surface area contributed by atoms with Crippen LogP contribution in [0.1, 0.15) is 52.4 Å². The van der Waals surface area contributed by atoms with E-state index in [4.69, 9.17) is 0 Å². The van der Waals surface area contributed by atoms with Gasteiger partial charge in [0.2, 0.25) is 0 Å². The molecule has 0 aliphatic rings. The van der Waals surface area contributed by atoms with Gasteiger partial charge in [-0.3, -0.25) is 9.59 Å². The minimum Gasteiger partial charge on any atom is -0.299 e. The van der Waals surface area contributed by atoms with E-state index in [-0.39, 0.29) is 18.0 Å². The summed E-state index contributed by atoms with van der Waals surface area (Å²) in [4.78, 5) is 22.1. The lowest BCUT2D eigenvalue weighted by Gasteiger charge is -1.97. The normalized spacial score (nSPS) is 9.83. The highest BCUT2D eigenvalue weighted by atomic mass is 16.1. The highest BCUT2D eigenvalue weighted by Gasteiger charge is 2.07. The smallest absolute Gasteiger partial charge is 0.140 e. The van der Waals surface area contributed by atoms with Crippen LogP contribution >= 0.6 is 0 Å². The molecule has 0 amide bonds. The maximum absolute atomic E-state index is 11.1. The lowest BCUT2D eigenvalue weighted by molar-refractivity contribution is -0.127. The zero-order valence-corrected chi connectivity index (χ0v) is 8.06. The predicted octanol–water partition coefficient (Wildman–Crippen LogP) is 2.51. The molecule has 0 aliphatic carbocycles. The number of ketones is 2. The van der Waals surface area contributed by atoms with Gasteiger partial charge >= 0.3 is 0 Å². The number of rotatable bonds is 7. The molecule has 0 fully saturated rings. The Bertz CT molecular complexity index is 150. The lowest BCUT2D eigenvalue weighted by atomic mass is 10.1. The van der Waals surface area contributed by atoms with E-state index in [1.54, 1.807) is 0 Å². The molecule has 0 atom stereocenters. The molecule has 12 heavy (non-hydrogen) atoms. The SMILES string of the molecule is CCCCC(=O)CC(=O)CCC. The van der Waals surface area contributed by atoms with Crippen LogP contribution in [0.3, 0.4) is 0 Å². The van der Waals surface area contributed by atoms with E-state index >= 15 is 0 Å². The van der Waals surface area contributed by atoms with Crippen LogP contribution in [-0.4, -0.2) is 11.6 Å². The topological polar surface area (TPSA) is 34.1 Å². The Labute approximate surface area is 74.3 Å². The molecule has 0 N–H and O–H groups in total. The molecule has 0 aromatic rings. The van der Waals surface area contributed by atoms with Crippen LogP contribution in [0.2, 0.25) is 0 Å². The van der Waals surface area contributed by atoms with Gasteiger partial charge in [-0.25, -0.2) is 0 Å². The fourth-order valence-electron chi connectivity index (χ4n) is 1.05. The van der Waals surface area contributed by atoms with Gasteiger partial charge in [-0.2, -0.15) is 0 Å². The molecular formula is C10H18O2. The van der Waals surface area contributed by atoms with E-state index in [9.17, 15) is 9.59 Å². The highest BCUT2D eigenvalue weighted by molar-refractivity contribution is 5.98. The number of unbranched alkanes of at least 4 members (excludes halogenated alkanes) is 1. The Kier molecular flexibility index (Phi) is 6.63. The summed E-state index contributed by atoms with van der Waals surface area (Å²) < 4.78 is 0. The molecule has 2 heteroatoms. The van der Waals surface area contributed by atoms with Crippen LogP contribution < -0.4 is 0 Å². The lowest BCUT2D eigenvalue weighted by Crippen LogP contribution is -2.06. The molecule has 0 heterocycles. The van der Waals surface area contributed by atoms with Crippen molar-refractivity contribution in [3.05, 3.63) is 0 Å². The van der Waals surface area contributed by atoms with Gasteiger partial charge in [0.15, 0.2) is 0 Å². The Hall–Kier alpha value is -0.660. The number of Topliss-reactive ketones (excluding diaryl/α,β-unsaturated/α-hetero) is 2. The number of carbonyl (C=O) groups excluding carboxylic acids is 2. The molecule has 70 valence electrons. The highest BCUT2D eigenvalue weighted by Crippen LogP contribution is 2.01. The Morgan fingerprint density at radius 1 is 0.917 bits per heavy atom. The predicted molar refractivity (Wildman–Crippen MR) is 49.1 cm³/mol. The van der Waals surface area contributed by atoms with Gasteiger partial charge in [-0.1, -0.05) is 20.3 Å². The molecule has 0 aromatic heterocycles. The van der Waals surface area contributed by atoms with Crippen molar-refractivity contribution in [1.82, 2.24) is 0 Å². The molecule has 0 aliphatic heterocycles. The number of hydrogen-bond donors (Lipinski definition) is 0. The molecule has 0 rings (SSSR count). The third kappa shape index (κ3) is 6.08. The zero-order valence-electron chi connectivity index (χ0n) is 8.06. The van der Waals surface area contributed by atoms with Crippen molar-refractivity contribution in [3.8, 4) is 0 Å². The largest absolute Gasteiger partial charge is 0.299 e. The van der Waals surface area contributed by atoms with E-state index in [0.717, 1.165) is 19.3 Å². The third-order valence-electron chi connectivity index (χ3n) is 1.73. The molecule has 2 nitrogen and oxygen atoms in total. The molecule has 0 saturated heterocycles. The van der Waals surface area contributed by atoms with Gasteiger partial charge in [-0.05, 0) is 12.8 Å². The average molecular weight is 170 g/mol. The third-order valence-corrected chi connectivity index (χ3v) is 1.73. The van der Waals surface area contributed by atoms with E-state index in [1.807, 2.05) is 13.8 Å². The standard InChI is InChI=1S/C10H18O2/c1-3-5-7-10(12)8-9(11)6-4-2/h3-8H2,1-2H3. The molecular weight excluding hydrogens is 152 g/mol. The van der Waals surface area contributed by atoms with Crippen LogP contribution in [0.5, 0.6) is 0 Å². The molecule has 0 spiro atoms. The summed E-state index contributed by atoms with van der Waals surface area (Å²) >= 11 is 0.